The molecule has 1 aliphatic carbocycles. The number of ether oxygens (including phenoxy) is 4. The summed E-state index contributed by atoms with van der Waals surface area (Å²) in [6, 6.07) is 5.47. The molecule has 12 heteroatoms. The number of hydrogen-bond donors (Lipinski definition) is 1. The van der Waals surface area contributed by atoms with E-state index < -0.39 is 19.9 Å². The number of nitrogens with two attached hydrogens (primary N) is 1. The lowest BCUT2D eigenvalue weighted by atomic mass is 9.82. The molecule has 50 heavy (non-hydrogen) atoms. The van der Waals surface area contributed by atoms with Crippen molar-refractivity contribution in [3.8, 4) is 22.8 Å². The minimum absolute atomic E-state index is 0.0516. The number of allylic oxidation sites excluding steroid dienone is 3. The van der Waals surface area contributed by atoms with Gasteiger partial charge in [-0.25, -0.2) is 19.2 Å². The molecule has 0 spiro atoms. The maximum absolute atomic E-state index is 13.3. The molecule has 1 aromatic heterocycles. The predicted molar refractivity (Wildman–Crippen MR) is 198 cm³/mol. The van der Waals surface area contributed by atoms with Crippen LogP contribution < -0.4 is 15.3 Å². The third kappa shape index (κ3) is 9.31. The minimum atomic E-state index is -2.04. The Hall–Kier alpha value is -3.77. The van der Waals surface area contributed by atoms with Crippen LogP contribution in [0.5, 0.6) is 11.5 Å². The fraction of sp³-hybridized carbons (Fsp3) is 0.605. The molecule has 1 aliphatic heterocycles. The van der Waals surface area contributed by atoms with Crippen molar-refractivity contribution in [2.45, 2.75) is 104 Å². The van der Waals surface area contributed by atoms with Crippen LogP contribution in [-0.2, 0) is 13.9 Å². The predicted octanol–water partition coefficient (Wildman–Crippen LogP) is 8.06. The van der Waals surface area contributed by atoms with Gasteiger partial charge < -0.3 is 34.1 Å². The van der Waals surface area contributed by atoms with E-state index in [0.29, 0.717) is 60.6 Å². The molecule has 2 atom stereocenters. The van der Waals surface area contributed by atoms with Crippen molar-refractivity contribution in [1.29, 1.82) is 0 Å². The zero-order chi connectivity index (χ0) is 37.0. The number of imidazole rings is 1. The number of likely N-dealkylation sites (tertiary alicyclic amines) is 1. The zero-order valence-corrected chi connectivity index (χ0v) is 32.9. The van der Waals surface area contributed by atoms with Gasteiger partial charge in [-0.05, 0) is 107 Å². The lowest BCUT2D eigenvalue weighted by Crippen LogP contribution is -2.43. The summed E-state index contributed by atoms with van der Waals surface area (Å²) < 4.78 is 30.8. The molecule has 1 amide bonds. The molecular formula is C38H58N4O7Si. The van der Waals surface area contributed by atoms with E-state index >= 15 is 0 Å². The monoisotopic (exact) mass is 710 g/mol. The average Bonchev–Trinajstić information content (AvgIpc) is 3.39. The van der Waals surface area contributed by atoms with Crippen LogP contribution in [0.4, 0.5) is 4.79 Å². The summed E-state index contributed by atoms with van der Waals surface area (Å²) in [7, 11) is 0.873. The SMILES string of the molecule is COC(=O)c1c(-c2ccc(OC3=CCC(C)C=C3)c(OC)c2)nc(C(CCO[Si](C)(C)C(C)(C)C)C2CCN(C(=O)OC(C)(C)C)CC2)n1N. The van der Waals surface area contributed by atoms with E-state index in [4.69, 9.17) is 34.2 Å². The first kappa shape index (κ1) is 39.0. The zero-order valence-electron chi connectivity index (χ0n) is 31.9. The Kier molecular flexibility index (Phi) is 12.2. The largest absolute Gasteiger partial charge is 0.493 e. The average molecular weight is 711 g/mol. The molecule has 276 valence electrons. The fourth-order valence-electron chi connectivity index (χ4n) is 6.06. The number of nitrogens with zero attached hydrogens (tertiary/aromatic N) is 3. The molecule has 0 bridgehead atoms. The quantitative estimate of drug-likeness (QED) is 0.140. The van der Waals surface area contributed by atoms with E-state index in [2.05, 4.69) is 52.9 Å². The molecule has 2 N–H and O–H groups in total. The van der Waals surface area contributed by atoms with Gasteiger partial charge in [-0.3, -0.25) is 0 Å². The number of nitrogen functional groups attached to an aromatic ring is 1. The van der Waals surface area contributed by atoms with Crippen molar-refractivity contribution in [1.82, 2.24) is 14.6 Å². The highest BCUT2D eigenvalue weighted by molar-refractivity contribution is 6.74. The lowest BCUT2D eigenvalue weighted by molar-refractivity contribution is 0.0168. The number of aromatic nitrogens is 2. The van der Waals surface area contributed by atoms with Crippen LogP contribution in [0.3, 0.4) is 0 Å². The van der Waals surface area contributed by atoms with Crippen molar-refractivity contribution in [2.75, 3.05) is 39.8 Å². The van der Waals surface area contributed by atoms with Crippen LogP contribution in [0.2, 0.25) is 18.1 Å². The second-order valence-corrected chi connectivity index (χ2v) is 20.8. The highest BCUT2D eigenvalue weighted by atomic mass is 28.4. The van der Waals surface area contributed by atoms with E-state index in [1.807, 2.05) is 39.0 Å². The van der Waals surface area contributed by atoms with Gasteiger partial charge in [-0.15, -0.1) is 0 Å². The number of esters is 1. The van der Waals surface area contributed by atoms with Gasteiger partial charge in [0.2, 0.25) is 0 Å². The molecular weight excluding hydrogens is 653 g/mol. The van der Waals surface area contributed by atoms with Crippen molar-refractivity contribution < 1.29 is 33.0 Å². The molecule has 1 saturated heterocycles. The Morgan fingerprint density at radius 3 is 2.30 bits per heavy atom. The van der Waals surface area contributed by atoms with Gasteiger partial charge in [0.05, 0.1) is 14.2 Å². The Balaban J connectivity index is 1.70. The highest BCUT2D eigenvalue weighted by Crippen LogP contribution is 2.41. The Bertz CT molecular complexity index is 1580. The van der Waals surface area contributed by atoms with Crippen LogP contribution >= 0.6 is 0 Å². The molecule has 2 unspecified atom stereocenters. The molecule has 4 rings (SSSR count). The maximum atomic E-state index is 13.3. The van der Waals surface area contributed by atoms with Crippen molar-refractivity contribution >= 4 is 20.4 Å². The molecule has 1 fully saturated rings. The molecule has 2 aliphatic rings. The molecule has 1 aromatic carbocycles. The topological polar surface area (TPSA) is 127 Å². The Labute approximate surface area is 299 Å². The molecule has 11 nitrogen and oxygen atoms in total. The highest BCUT2D eigenvalue weighted by Gasteiger charge is 2.39. The molecule has 0 saturated carbocycles. The van der Waals surface area contributed by atoms with Gasteiger partial charge >= 0.3 is 12.1 Å². The van der Waals surface area contributed by atoms with Crippen molar-refractivity contribution in [3.63, 3.8) is 0 Å². The summed E-state index contributed by atoms with van der Waals surface area (Å²) in [6.45, 7) is 20.5. The number of piperidine rings is 1. The van der Waals surface area contributed by atoms with Crippen molar-refractivity contribution in [2.24, 2.45) is 11.8 Å². The van der Waals surface area contributed by atoms with E-state index in [0.717, 1.165) is 25.0 Å². The van der Waals surface area contributed by atoms with Gasteiger partial charge in [-0.2, -0.15) is 0 Å². The number of carbonyl (C=O) groups is 2. The molecule has 0 radical (unpaired) electrons. The summed E-state index contributed by atoms with van der Waals surface area (Å²) in [4.78, 5) is 33.1. The van der Waals surface area contributed by atoms with Crippen LogP contribution in [0.1, 0.15) is 96.4 Å². The number of methoxy groups -OCH3 is 2. The van der Waals surface area contributed by atoms with E-state index in [1.165, 1.54) is 11.8 Å². The van der Waals surface area contributed by atoms with Gasteiger partial charge in [0.25, 0.3) is 0 Å². The third-order valence-corrected chi connectivity index (χ3v) is 14.6. The van der Waals surface area contributed by atoms with E-state index in [9.17, 15) is 9.59 Å². The van der Waals surface area contributed by atoms with Crippen LogP contribution in [0.25, 0.3) is 11.3 Å². The third-order valence-electron chi connectivity index (χ3n) is 10.1. The molecule has 2 heterocycles. The summed E-state index contributed by atoms with van der Waals surface area (Å²) >= 11 is 0. The van der Waals surface area contributed by atoms with E-state index in [1.54, 1.807) is 18.1 Å². The molecule has 2 aromatic rings. The summed E-state index contributed by atoms with van der Waals surface area (Å²) in [5.74, 6) is 9.00. The van der Waals surface area contributed by atoms with Crippen molar-refractivity contribution in [3.05, 3.63) is 53.7 Å². The van der Waals surface area contributed by atoms with Gasteiger partial charge in [0, 0.05) is 31.2 Å². The Morgan fingerprint density at radius 1 is 1.06 bits per heavy atom. The first-order valence-corrected chi connectivity index (χ1v) is 20.6. The summed E-state index contributed by atoms with van der Waals surface area (Å²) in [5, 5.41) is 0.0516. The number of amides is 1. The smallest absolute Gasteiger partial charge is 0.410 e. The lowest BCUT2D eigenvalue weighted by Gasteiger charge is -2.38. The fourth-order valence-corrected chi connectivity index (χ4v) is 7.12. The maximum Gasteiger partial charge on any atom is 0.410 e. The van der Waals surface area contributed by atoms with E-state index in [-0.39, 0.29) is 28.7 Å². The van der Waals surface area contributed by atoms with Crippen LogP contribution in [0, 0.1) is 11.8 Å². The summed E-state index contributed by atoms with van der Waals surface area (Å²) in [5.41, 5.74) is 0.606. The second-order valence-electron chi connectivity index (χ2n) is 16.0. The number of benzene rings is 1. The number of rotatable bonds is 11. The number of hydrogen-bond acceptors (Lipinski definition) is 9. The first-order chi connectivity index (χ1) is 23.3. The summed E-state index contributed by atoms with van der Waals surface area (Å²) in [6.07, 6.45) is 8.82. The Morgan fingerprint density at radius 2 is 1.74 bits per heavy atom. The second kappa shape index (κ2) is 15.6. The standard InChI is InChI=1S/C38H58N4O7Si/c1-25-12-15-28(16-13-25)48-30-17-14-27(24-31(30)45-8)32-33(35(43)46-9)42(39)34(40-32)29(20-23-47-50(10,11)38(5,6)7)26-18-21-41(22-19-26)36(44)49-37(2,3)4/h12,14-17,24-26,29H,13,18-23,39H2,1-11H3. The van der Waals surface area contributed by atoms with Gasteiger partial charge in [0.1, 0.15) is 22.9 Å². The van der Waals surface area contributed by atoms with Crippen LogP contribution in [0.15, 0.2) is 42.2 Å². The van der Waals surface area contributed by atoms with Crippen LogP contribution in [-0.4, -0.2) is 74.5 Å². The van der Waals surface area contributed by atoms with Gasteiger partial charge in [-0.1, -0.05) is 33.8 Å². The van der Waals surface area contributed by atoms with Gasteiger partial charge in [0.15, 0.2) is 25.5 Å². The minimum Gasteiger partial charge on any atom is -0.493 e. The normalized spacial score (nSPS) is 18.0. The first-order valence-electron chi connectivity index (χ1n) is 17.7. The number of carbonyl (C=O) groups excluding carboxylic acids is 2.